The molecule has 4 N–H and O–H groups in total. The standard InChI is InChI=1S/C12H17NO3/c1-12(2,10(13)11(15)16)7-8-3-5-9(14)6-4-8/h3-6,10,14H,7,13H2,1-2H3,(H,15,16). The largest absolute Gasteiger partial charge is 0.508 e. The van der Waals surface area contributed by atoms with Crippen molar-refractivity contribution in [2.24, 2.45) is 11.1 Å². The Morgan fingerprint density at radius 1 is 1.38 bits per heavy atom. The number of aliphatic carboxylic acids is 1. The van der Waals surface area contributed by atoms with Gasteiger partial charge < -0.3 is 15.9 Å². The fourth-order valence-electron chi connectivity index (χ4n) is 1.58. The highest BCUT2D eigenvalue weighted by Gasteiger charge is 2.31. The maximum Gasteiger partial charge on any atom is 0.321 e. The Hall–Kier alpha value is -1.55. The smallest absolute Gasteiger partial charge is 0.321 e. The molecular weight excluding hydrogens is 206 g/mol. The molecule has 0 aliphatic carbocycles. The summed E-state index contributed by atoms with van der Waals surface area (Å²) in [6.07, 6.45) is 0.556. The van der Waals surface area contributed by atoms with Gasteiger partial charge in [-0.3, -0.25) is 4.79 Å². The van der Waals surface area contributed by atoms with Gasteiger partial charge in [0.15, 0.2) is 0 Å². The van der Waals surface area contributed by atoms with Gasteiger partial charge in [0.2, 0.25) is 0 Å². The number of hydrogen-bond acceptors (Lipinski definition) is 3. The van der Waals surface area contributed by atoms with Crippen LogP contribution in [0.1, 0.15) is 19.4 Å². The van der Waals surface area contributed by atoms with Crippen molar-refractivity contribution in [3.63, 3.8) is 0 Å². The van der Waals surface area contributed by atoms with Crippen LogP contribution in [0.4, 0.5) is 0 Å². The number of hydrogen-bond donors (Lipinski definition) is 3. The summed E-state index contributed by atoms with van der Waals surface area (Å²) in [5.74, 6) is -0.798. The van der Waals surface area contributed by atoms with E-state index < -0.39 is 17.4 Å². The predicted molar refractivity (Wildman–Crippen MR) is 61.2 cm³/mol. The average Bonchev–Trinajstić information content (AvgIpc) is 2.20. The molecule has 0 spiro atoms. The quantitative estimate of drug-likeness (QED) is 0.720. The van der Waals surface area contributed by atoms with Gasteiger partial charge in [-0.1, -0.05) is 26.0 Å². The summed E-state index contributed by atoms with van der Waals surface area (Å²) in [4.78, 5) is 10.8. The molecule has 1 rings (SSSR count). The van der Waals surface area contributed by atoms with Gasteiger partial charge in [-0.2, -0.15) is 0 Å². The van der Waals surface area contributed by atoms with Gasteiger partial charge in [0.25, 0.3) is 0 Å². The van der Waals surface area contributed by atoms with Crippen LogP contribution >= 0.6 is 0 Å². The number of carbonyl (C=O) groups is 1. The number of aromatic hydroxyl groups is 1. The first-order valence-electron chi connectivity index (χ1n) is 5.09. The lowest BCUT2D eigenvalue weighted by atomic mass is 9.79. The van der Waals surface area contributed by atoms with Crippen molar-refractivity contribution in [3.05, 3.63) is 29.8 Å². The van der Waals surface area contributed by atoms with Crippen molar-refractivity contribution < 1.29 is 15.0 Å². The van der Waals surface area contributed by atoms with Crippen molar-refractivity contribution in [1.82, 2.24) is 0 Å². The van der Waals surface area contributed by atoms with E-state index in [-0.39, 0.29) is 5.75 Å². The van der Waals surface area contributed by atoms with Gasteiger partial charge in [-0.15, -0.1) is 0 Å². The highest BCUT2D eigenvalue weighted by atomic mass is 16.4. The Morgan fingerprint density at radius 2 is 1.88 bits per heavy atom. The molecule has 0 radical (unpaired) electrons. The zero-order valence-corrected chi connectivity index (χ0v) is 9.47. The number of rotatable bonds is 4. The van der Waals surface area contributed by atoms with E-state index in [0.717, 1.165) is 5.56 Å². The molecule has 1 atom stereocenters. The van der Waals surface area contributed by atoms with Crippen molar-refractivity contribution in [2.75, 3.05) is 0 Å². The topological polar surface area (TPSA) is 83.5 Å². The maximum absolute atomic E-state index is 10.8. The summed E-state index contributed by atoms with van der Waals surface area (Å²) in [6, 6.07) is 5.80. The lowest BCUT2D eigenvalue weighted by molar-refractivity contribution is -0.141. The molecule has 0 aliphatic heterocycles. The Morgan fingerprint density at radius 3 is 2.31 bits per heavy atom. The highest BCUT2D eigenvalue weighted by Crippen LogP contribution is 2.26. The van der Waals surface area contributed by atoms with Gasteiger partial charge in [0.05, 0.1) is 0 Å². The molecule has 0 heterocycles. The van der Waals surface area contributed by atoms with Crippen molar-refractivity contribution in [2.45, 2.75) is 26.3 Å². The van der Waals surface area contributed by atoms with Crippen LogP contribution in [0.15, 0.2) is 24.3 Å². The van der Waals surface area contributed by atoms with Crippen LogP contribution in [-0.2, 0) is 11.2 Å². The molecule has 16 heavy (non-hydrogen) atoms. The number of carboxylic acids is 1. The second kappa shape index (κ2) is 4.53. The minimum Gasteiger partial charge on any atom is -0.508 e. The fourth-order valence-corrected chi connectivity index (χ4v) is 1.58. The first kappa shape index (κ1) is 12.5. The summed E-state index contributed by atoms with van der Waals surface area (Å²) >= 11 is 0. The van der Waals surface area contributed by atoms with E-state index in [1.165, 1.54) is 0 Å². The molecule has 4 heteroatoms. The van der Waals surface area contributed by atoms with Crippen LogP contribution in [0.2, 0.25) is 0 Å². The van der Waals surface area contributed by atoms with Crippen molar-refractivity contribution in [3.8, 4) is 5.75 Å². The zero-order chi connectivity index (χ0) is 12.3. The molecule has 1 aromatic rings. The van der Waals surface area contributed by atoms with Crippen LogP contribution in [-0.4, -0.2) is 22.2 Å². The normalized spacial score (nSPS) is 13.4. The molecule has 4 nitrogen and oxygen atoms in total. The lowest BCUT2D eigenvalue weighted by Gasteiger charge is -2.28. The second-order valence-corrected chi connectivity index (χ2v) is 4.65. The first-order valence-corrected chi connectivity index (χ1v) is 5.09. The van der Waals surface area contributed by atoms with E-state index in [4.69, 9.17) is 15.9 Å². The van der Waals surface area contributed by atoms with Crippen LogP contribution in [0.5, 0.6) is 5.75 Å². The van der Waals surface area contributed by atoms with Crippen LogP contribution < -0.4 is 5.73 Å². The minimum absolute atomic E-state index is 0.198. The maximum atomic E-state index is 10.8. The molecule has 0 fully saturated rings. The average molecular weight is 223 g/mol. The molecule has 1 aromatic carbocycles. The molecule has 0 aliphatic rings. The van der Waals surface area contributed by atoms with Gasteiger partial charge in [0.1, 0.15) is 11.8 Å². The van der Waals surface area contributed by atoms with E-state index in [9.17, 15) is 4.79 Å². The molecule has 1 unspecified atom stereocenters. The van der Waals surface area contributed by atoms with Crippen LogP contribution in [0.25, 0.3) is 0 Å². The molecule has 88 valence electrons. The van der Waals surface area contributed by atoms with Crippen molar-refractivity contribution in [1.29, 1.82) is 0 Å². The summed E-state index contributed by atoms with van der Waals surface area (Å²) in [7, 11) is 0. The summed E-state index contributed by atoms with van der Waals surface area (Å²) < 4.78 is 0. The fraction of sp³-hybridized carbons (Fsp3) is 0.417. The van der Waals surface area contributed by atoms with E-state index >= 15 is 0 Å². The third-order valence-electron chi connectivity index (χ3n) is 2.70. The molecule has 0 aromatic heterocycles. The van der Waals surface area contributed by atoms with Gasteiger partial charge in [-0.05, 0) is 29.5 Å². The molecular formula is C12H17NO3. The first-order chi connectivity index (χ1) is 7.33. The Labute approximate surface area is 94.7 Å². The molecule has 0 bridgehead atoms. The number of phenols is 1. The van der Waals surface area contributed by atoms with E-state index in [0.29, 0.717) is 6.42 Å². The summed E-state index contributed by atoms with van der Waals surface area (Å²) in [5.41, 5.74) is 6.06. The number of benzene rings is 1. The molecule has 0 amide bonds. The number of nitrogens with two attached hydrogens (primary N) is 1. The Balaban J connectivity index is 2.79. The number of carboxylic acid groups (broad SMARTS) is 1. The second-order valence-electron chi connectivity index (χ2n) is 4.65. The van der Waals surface area contributed by atoms with E-state index in [2.05, 4.69) is 0 Å². The van der Waals surface area contributed by atoms with Crippen LogP contribution in [0.3, 0.4) is 0 Å². The third kappa shape index (κ3) is 2.97. The van der Waals surface area contributed by atoms with E-state index in [1.807, 2.05) is 13.8 Å². The van der Waals surface area contributed by atoms with Gasteiger partial charge in [0, 0.05) is 0 Å². The van der Waals surface area contributed by atoms with Crippen molar-refractivity contribution >= 4 is 5.97 Å². The summed E-state index contributed by atoms with van der Waals surface area (Å²) in [5, 5.41) is 18.0. The van der Waals surface area contributed by atoms with Gasteiger partial charge in [-0.25, -0.2) is 0 Å². The van der Waals surface area contributed by atoms with E-state index in [1.54, 1.807) is 24.3 Å². The Kier molecular flexibility index (Phi) is 3.55. The van der Waals surface area contributed by atoms with Gasteiger partial charge >= 0.3 is 5.97 Å². The van der Waals surface area contributed by atoms with Crippen LogP contribution in [0, 0.1) is 5.41 Å². The molecule has 0 saturated heterocycles. The predicted octanol–water partition coefficient (Wildman–Crippen LogP) is 1.37. The third-order valence-corrected chi connectivity index (χ3v) is 2.70. The lowest BCUT2D eigenvalue weighted by Crippen LogP contribution is -2.45. The zero-order valence-electron chi connectivity index (χ0n) is 9.47. The monoisotopic (exact) mass is 223 g/mol. The highest BCUT2D eigenvalue weighted by molar-refractivity contribution is 5.74. The summed E-state index contributed by atoms with van der Waals surface area (Å²) in [6.45, 7) is 3.64. The Bertz CT molecular complexity index is 370. The molecule has 0 saturated carbocycles. The number of phenolic OH excluding ortho intramolecular Hbond substituents is 1. The SMILES string of the molecule is CC(C)(Cc1ccc(O)cc1)C(N)C(=O)O. The minimum atomic E-state index is -0.997.